The van der Waals surface area contributed by atoms with Crippen molar-refractivity contribution in [3.05, 3.63) is 71.3 Å². The van der Waals surface area contributed by atoms with E-state index in [-0.39, 0.29) is 25.2 Å². The summed E-state index contributed by atoms with van der Waals surface area (Å²) >= 11 is 0. The molecule has 0 aliphatic rings. The number of aliphatic hydroxyl groups excluding tert-OH is 1. The van der Waals surface area contributed by atoms with Gasteiger partial charge in [0.15, 0.2) is 11.6 Å². The Morgan fingerprint density at radius 1 is 1.03 bits per heavy atom. The van der Waals surface area contributed by atoms with Crippen molar-refractivity contribution in [2.75, 3.05) is 13.2 Å². The molecule has 0 amide bonds. The first kappa shape index (κ1) is 24.4. The van der Waals surface area contributed by atoms with Gasteiger partial charge in [-0.15, -0.1) is 0 Å². The number of hydrogen-bond acceptors (Lipinski definition) is 5. The van der Waals surface area contributed by atoms with Crippen LogP contribution < -0.4 is 5.32 Å². The van der Waals surface area contributed by atoms with Gasteiger partial charge in [0.2, 0.25) is 0 Å². The van der Waals surface area contributed by atoms with E-state index in [1.165, 1.54) is 0 Å². The van der Waals surface area contributed by atoms with Crippen LogP contribution >= 0.6 is 0 Å². The standard InChI is InChI=1S/C24H25F2NO4/c1-24(31,23(25)26)22(21(30)16-28)27-15-5-8-20(29)19-13-11-18(12-14-19)10-9-17-6-3-2-4-7-17/h2-4,6-7,11-14,22-23,27-28,31H,5,8,15-16H2,1H3/t22-,24+/m1/s1. The Bertz CT molecular complexity index is 932. The summed E-state index contributed by atoms with van der Waals surface area (Å²) in [4.78, 5) is 24.0. The number of carbonyl (C=O) groups is 2. The van der Waals surface area contributed by atoms with Crippen molar-refractivity contribution in [1.29, 1.82) is 0 Å². The SMILES string of the molecule is C[C@@](O)(C(F)F)[C@H](NCCCC(=O)c1ccc(C#Cc2ccccc2)cc1)C(=O)CO. The van der Waals surface area contributed by atoms with Crippen LogP contribution in [0.4, 0.5) is 8.78 Å². The Balaban J connectivity index is 1.88. The second-order valence-electron chi connectivity index (χ2n) is 7.26. The zero-order chi connectivity index (χ0) is 22.9. The second kappa shape index (κ2) is 11.5. The van der Waals surface area contributed by atoms with Gasteiger partial charge in [0.05, 0.1) is 0 Å². The first-order valence-corrected chi connectivity index (χ1v) is 9.83. The Kier molecular flexibility index (Phi) is 9.01. The maximum atomic E-state index is 13.0. The molecular formula is C24H25F2NO4. The molecule has 3 N–H and O–H groups in total. The zero-order valence-corrected chi connectivity index (χ0v) is 17.1. The smallest absolute Gasteiger partial charge is 0.268 e. The van der Waals surface area contributed by atoms with Gasteiger partial charge in [0, 0.05) is 23.1 Å². The molecule has 0 aromatic heterocycles. The number of nitrogens with one attached hydrogen (secondary N) is 1. The highest BCUT2D eigenvalue weighted by Gasteiger charge is 2.44. The number of carbonyl (C=O) groups excluding carboxylic acids is 2. The average Bonchev–Trinajstić information content (AvgIpc) is 2.77. The van der Waals surface area contributed by atoms with Gasteiger partial charge in [-0.1, -0.05) is 42.2 Å². The fourth-order valence-corrected chi connectivity index (χ4v) is 2.91. The zero-order valence-electron chi connectivity index (χ0n) is 17.1. The lowest BCUT2D eigenvalue weighted by Gasteiger charge is -2.31. The minimum absolute atomic E-state index is 0.0473. The molecule has 0 spiro atoms. The van der Waals surface area contributed by atoms with Crippen molar-refractivity contribution >= 4 is 11.6 Å². The van der Waals surface area contributed by atoms with Gasteiger partial charge in [-0.25, -0.2) is 8.78 Å². The first-order valence-electron chi connectivity index (χ1n) is 9.83. The van der Waals surface area contributed by atoms with Gasteiger partial charge in [0.1, 0.15) is 18.2 Å². The van der Waals surface area contributed by atoms with Gasteiger partial charge in [-0.2, -0.15) is 0 Å². The normalized spacial score (nSPS) is 13.7. The van der Waals surface area contributed by atoms with Gasteiger partial charge in [-0.3, -0.25) is 9.59 Å². The van der Waals surface area contributed by atoms with Crippen molar-refractivity contribution in [2.45, 2.75) is 37.8 Å². The number of benzene rings is 2. The fraction of sp³-hybridized carbons (Fsp3) is 0.333. The summed E-state index contributed by atoms with van der Waals surface area (Å²) in [6.07, 6.45) is -2.78. The first-order chi connectivity index (χ1) is 14.8. The van der Waals surface area contributed by atoms with Crippen LogP contribution in [0, 0.1) is 11.8 Å². The molecule has 7 heteroatoms. The second-order valence-corrected chi connectivity index (χ2v) is 7.26. The molecule has 31 heavy (non-hydrogen) atoms. The van der Waals surface area contributed by atoms with E-state index in [9.17, 15) is 23.5 Å². The predicted octanol–water partition coefficient (Wildman–Crippen LogP) is 2.59. The van der Waals surface area contributed by atoms with Gasteiger partial charge < -0.3 is 15.5 Å². The number of aliphatic hydroxyl groups is 2. The molecule has 0 radical (unpaired) electrons. The Morgan fingerprint density at radius 3 is 2.16 bits per heavy atom. The Hall–Kier alpha value is -2.92. The number of Topliss-reactive ketones (excluding diaryl/α,β-unsaturated/α-hetero) is 2. The molecule has 0 aliphatic heterocycles. The Morgan fingerprint density at radius 2 is 1.61 bits per heavy atom. The number of alkyl halides is 2. The molecule has 0 saturated carbocycles. The summed E-state index contributed by atoms with van der Waals surface area (Å²) in [6.45, 7) is -0.0963. The van der Waals surface area contributed by atoms with Gasteiger partial charge >= 0.3 is 0 Å². The highest BCUT2D eigenvalue weighted by atomic mass is 19.3. The molecule has 164 valence electrons. The molecule has 2 atom stereocenters. The van der Waals surface area contributed by atoms with Crippen molar-refractivity contribution < 1.29 is 28.6 Å². The summed E-state index contributed by atoms with van der Waals surface area (Å²) in [5, 5.41) is 21.3. The molecule has 2 aromatic carbocycles. The fourth-order valence-electron chi connectivity index (χ4n) is 2.91. The number of halogens is 2. The summed E-state index contributed by atoms with van der Waals surface area (Å²) in [7, 11) is 0. The van der Waals surface area contributed by atoms with Crippen molar-refractivity contribution in [2.24, 2.45) is 0 Å². The molecule has 0 heterocycles. The highest BCUT2D eigenvalue weighted by molar-refractivity contribution is 5.96. The van der Waals surface area contributed by atoms with E-state index in [0.29, 0.717) is 5.56 Å². The van der Waals surface area contributed by atoms with Gasteiger partial charge in [0.25, 0.3) is 6.43 Å². The van der Waals surface area contributed by atoms with E-state index in [1.54, 1.807) is 24.3 Å². The number of hydrogen-bond donors (Lipinski definition) is 3. The van der Waals surface area contributed by atoms with Crippen LogP contribution in [0.15, 0.2) is 54.6 Å². The summed E-state index contributed by atoms with van der Waals surface area (Å²) < 4.78 is 26.0. The third kappa shape index (κ3) is 7.07. The molecule has 0 aliphatic carbocycles. The summed E-state index contributed by atoms with van der Waals surface area (Å²) in [6, 6.07) is 14.7. The van der Waals surface area contributed by atoms with Crippen LogP contribution in [0.25, 0.3) is 0 Å². The molecule has 0 unspecified atom stereocenters. The quantitative estimate of drug-likeness (QED) is 0.307. The molecule has 5 nitrogen and oxygen atoms in total. The summed E-state index contributed by atoms with van der Waals surface area (Å²) in [5.74, 6) is 4.97. The monoisotopic (exact) mass is 429 g/mol. The third-order valence-corrected chi connectivity index (χ3v) is 4.76. The lowest BCUT2D eigenvalue weighted by molar-refractivity contribution is -0.143. The third-order valence-electron chi connectivity index (χ3n) is 4.76. The van der Waals surface area contributed by atoms with E-state index < -0.39 is 30.5 Å². The lowest BCUT2D eigenvalue weighted by Crippen LogP contribution is -2.58. The lowest BCUT2D eigenvalue weighted by atomic mass is 9.93. The van der Waals surface area contributed by atoms with Crippen molar-refractivity contribution in [1.82, 2.24) is 5.32 Å². The maximum Gasteiger partial charge on any atom is 0.268 e. The van der Waals surface area contributed by atoms with Crippen molar-refractivity contribution in [3.8, 4) is 11.8 Å². The summed E-state index contributed by atoms with van der Waals surface area (Å²) in [5.41, 5.74) is -0.478. The van der Waals surface area contributed by atoms with Gasteiger partial charge in [-0.05, 0) is 44.2 Å². The largest absolute Gasteiger partial charge is 0.389 e. The van der Waals surface area contributed by atoms with Crippen LogP contribution in [0.2, 0.25) is 0 Å². The molecule has 0 bridgehead atoms. The average molecular weight is 429 g/mol. The van der Waals surface area contributed by atoms with E-state index >= 15 is 0 Å². The van der Waals surface area contributed by atoms with Crippen LogP contribution in [0.1, 0.15) is 41.3 Å². The van der Waals surface area contributed by atoms with Crippen LogP contribution in [-0.4, -0.2) is 53.0 Å². The molecule has 0 saturated heterocycles. The highest BCUT2D eigenvalue weighted by Crippen LogP contribution is 2.20. The van der Waals surface area contributed by atoms with E-state index in [1.807, 2.05) is 30.3 Å². The predicted molar refractivity (Wildman–Crippen MR) is 113 cm³/mol. The Labute approximate surface area is 180 Å². The van der Waals surface area contributed by atoms with E-state index in [0.717, 1.165) is 18.1 Å². The maximum absolute atomic E-state index is 13.0. The minimum Gasteiger partial charge on any atom is -0.389 e. The van der Waals surface area contributed by atoms with Crippen molar-refractivity contribution in [3.63, 3.8) is 0 Å². The molecule has 2 aromatic rings. The minimum atomic E-state index is -3.18. The molecule has 0 fully saturated rings. The number of rotatable bonds is 10. The van der Waals surface area contributed by atoms with E-state index in [4.69, 9.17) is 5.11 Å². The van der Waals surface area contributed by atoms with Crippen LogP contribution in [0.3, 0.4) is 0 Å². The molecule has 2 rings (SSSR count). The van der Waals surface area contributed by atoms with E-state index in [2.05, 4.69) is 17.2 Å². The topological polar surface area (TPSA) is 86.6 Å². The number of ketones is 2. The van der Waals surface area contributed by atoms with Crippen LogP contribution in [-0.2, 0) is 4.79 Å². The molecular weight excluding hydrogens is 404 g/mol. The van der Waals surface area contributed by atoms with Crippen LogP contribution in [0.5, 0.6) is 0 Å².